The fourth-order valence-electron chi connectivity index (χ4n) is 1.69. The fraction of sp³-hybridized carbons (Fsp3) is 0.538. The van der Waals surface area contributed by atoms with Crippen molar-refractivity contribution in [3.8, 4) is 5.75 Å². The summed E-state index contributed by atoms with van der Waals surface area (Å²) in [6.45, 7) is 4.04. The normalized spacial score (nSPS) is 11.4. The molecule has 0 radical (unpaired) electrons. The molecule has 7 nitrogen and oxygen atoms in total. The van der Waals surface area contributed by atoms with Crippen molar-refractivity contribution in [2.24, 2.45) is 0 Å². The molecule has 0 aromatic heterocycles. The summed E-state index contributed by atoms with van der Waals surface area (Å²) in [6.07, 6.45) is 1.48. The van der Waals surface area contributed by atoms with Crippen LogP contribution in [0.5, 0.6) is 5.75 Å². The number of hydrogen-bond donors (Lipinski definition) is 1. The van der Waals surface area contributed by atoms with Crippen molar-refractivity contribution < 1.29 is 18.1 Å². The number of anilines is 1. The summed E-state index contributed by atoms with van der Waals surface area (Å²) < 4.78 is 27.5. The highest BCUT2D eigenvalue weighted by Crippen LogP contribution is 2.30. The molecule has 0 spiro atoms. The minimum Gasteiger partial charge on any atom is -0.484 e. The van der Waals surface area contributed by atoms with Crippen molar-refractivity contribution in [2.75, 3.05) is 23.9 Å². The van der Waals surface area contributed by atoms with E-state index < -0.39 is 14.8 Å². The monoisotopic (exact) mass is 316 g/mol. The molecule has 118 valence electrons. The standard InChI is InChI=1S/C13H20N2O5S/c1-10(2)20-13-9-11(5-6-12(13)15(16)17)14-7-4-8-21(3,18)19/h5-6,9-10,14H,4,7-8H2,1-3H3. The Morgan fingerprint density at radius 1 is 1.38 bits per heavy atom. The van der Waals surface area contributed by atoms with Gasteiger partial charge in [0.2, 0.25) is 0 Å². The molecule has 0 heterocycles. The van der Waals surface area contributed by atoms with Gasteiger partial charge in [-0.25, -0.2) is 8.42 Å². The highest BCUT2D eigenvalue weighted by Gasteiger charge is 2.16. The molecule has 0 bridgehead atoms. The van der Waals surface area contributed by atoms with Crippen molar-refractivity contribution in [3.05, 3.63) is 28.3 Å². The van der Waals surface area contributed by atoms with E-state index in [0.29, 0.717) is 18.7 Å². The highest BCUT2D eigenvalue weighted by atomic mass is 32.2. The van der Waals surface area contributed by atoms with E-state index >= 15 is 0 Å². The van der Waals surface area contributed by atoms with E-state index in [4.69, 9.17) is 4.74 Å². The van der Waals surface area contributed by atoms with Gasteiger partial charge in [0.1, 0.15) is 9.84 Å². The second-order valence-corrected chi connectivity index (χ2v) is 7.28. The quantitative estimate of drug-likeness (QED) is 0.448. The van der Waals surface area contributed by atoms with Gasteiger partial charge in [-0.1, -0.05) is 0 Å². The Balaban J connectivity index is 2.73. The lowest BCUT2D eigenvalue weighted by Crippen LogP contribution is -2.11. The smallest absolute Gasteiger partial charge is 0.311 e. The molecule has 1 aromatic rings. The molecule has 0 aliphatic carbocycles. The zero-order chi connectivity index (χ0) is 16.0. The number of ether oxygens (including phenoxy) is 1. The average Bonchev–Trinajstić information content (AvgIpc) is 2.32. The Morgan fingerprint density at radius 3 is 2.57 bits per heavy atom. The molecule has 1 rings (SSSR count). The van der Waals surface area contributed by atoms with Crippen LogP contribution in [0.15, 0.2) is 18.2 Å². The van der Waals surface area contributed by atoms with Crippen molar-refractivity contribution >= 4 is 21.2 Å². The topological polar surface area (TPSA) is 98.5 Å². The first-order valence-electron chi connectivity index (χ1n) is 6.56. The molecule has 0 fully saturated rings. The highest BCUT2D eigenvalue weighted by molar-refractivity contribution is 7.90. The van der Waals surface area contributed by atoms with Gasteiger partial charge < -0.3 is 10.1 Å². The van der Waals surface area contributed by atoms with Gasteiger partial charge >= 0.3 is 5.69 Å². The summed E-state index contributed by atoms with van der Waals surface area (Å²) in [5.41, 5.74) is 0.565. The molecule has 1 aromatic carbocycles. The lowest BCUT2D eigenvalue weighted by molar-refractivity contribution is -0.386. The van der Waals surface area contributed by atoms with E-state index in [-0.39, 0.29) is 23.3 Å². The summed E-state index contributed by atoms with van der Waals surface area (Å²) in [5, 5.41) is 14.0. The van der Waals surface area contributed by atoms with Crippen molar-refractivity contribution in [1.82, 2.24) is 0 Å². The third kappa shape index (κ3) is 6.44. The van der Waals surface area contributed by atoms with E-state index in [0.717, 1.165) is 0 Å². The summed E-state index contributed by atoms with van der Waals surface area (Å²) in [7, 11) is -2.97. The summed E-state index contributed by atoms with van der Waals surface area (Å²) in [5.74, 6) is 0.297. The number of rotatable bonds is 8. The Labute approximate surface area is 124 Å². The maximum Gasteiger partial charge on any atom is 0.311 e. The van der Waals surface area contributed by atoms with Gasteiger partial charge in [-0.3, -0.25) is 10.1 Å². The first kappa shape index (κ1) is 17.2. The molecule has 0 saturated carbocycles. The Kier molecular flexibility index (Phi) is 5.95. The molecule has 0 saturated heterocycles. The van der Waals surface area contributed by atoms with Crippen LogP contribution in [-0.4, -0.2) is 38.0 Å². The Hall–Kier alpha value is -1.83. The molecule has 0 aliphatic heterocycles. The van der Waals surface area contributed by atoms with Crippen LogP contribution in [-0.2, 0) is 9.84 Å². The van der Waals surface area contributed by atoms with E-state index in [1.165, 1.54) is 12.3 Å². The van der Waals surface area contributed by atoms with Gasteiger partial charge in [0, 0.05) is 30.6 Å². The first-order chi connectivity index (χ1) is 9.69. The maximum absolute atomic E-state index is 11.0. The molecule has 0 atom stereocenters. The van der Waals surface area contributed by atoms with E-state index in [9.17, 15) is 18.5 Å². The van der Waals surface area contributed by atoms with Gasteiger partial charge in [-0.2, -0.15) is 0 Å². The minimum atomic E-state index is -2.97. The van der Waals surface area contributed by atoms with Crippen LogP contribution in [0, 0.1) is 10.1 Å². The number of nitro benzene ring substituents is 1. The lowest BCUT2D eigenvalue weighted by Gasteiger charge is -2.12. The maximum atomic E-state index is 11.0. The van der Waals surface area contributed by atoms with Gasteiger partial charge in [-0.15, -0.1) is 0 Å². The second-order valence-electron chi connectivity index (χ2n) is 5.02. The van der Waals surface area contributed by atoms with Gasteiger partial charge in [0.15, 0.2) is 5.75 Å². The van der Waals surface area contributed by atoms with Crippen molar-refractivity contribution in [1.29, 1.82) is 0 Å². The number of benzene rings is 1. The number of nitrogens with one attached hydrogen (secondary N) is 1. The van der Waals surface area contributed by atoms with Gasteiger partial charge in [0.05, 0.1) is 16.8 Å². The zero-order valence-corrected chi connectivity index (χ0v) is 13.1. The molecule has 8 heteroatoms. The van der Waals surface area contributed by atoms with Crippen LogP contribution >= 0.6 is 0 Å². The first-order valence-corrected chi connectivity index (χ1v) is 8.62. The summed E-state index contributed by atoms with van der Waals surface area (Å²) >= 11 is 0. The minimum absolute atomic E-state index is 0.0922. The predicted molar refractivity (Wildman–Crippen MR) is 81.7 cm³/mol. The molecule has 1 N–H and O–H groups in total. The number of nitro groups is 1. The third-order valence-electron chi connectivity index (χ3n) is 2.54. The molecule has 0 unspecified atom stereocenters. The van der Waals surface area contributed by atoms with Crippen molar-refractivity contribution in [2.45, 2.75) is 26.4 Å². The SMILES string of the molecule is CC(C)Oc1cc(NCCCS(C)(=O)=O)ccc1[N+](=O)[O-]. The molecular formula is C13H20N2O5S. The Morgan fingerprint density at radius 2 is 2.05 bits per heavy atom. The van der Waals surface area contributed by atoms with Crippen LogP contribution in [0.4, 0.5) is 11.4 Å². The largest absolute Gasteiger partial charge is 0.484 e. The second kappa shape index (κ2) is 7.26. The average molecular weight is 316 g/mol. The van der Waals surface area contributed by atoms with Crippen LogP contribution < -0.4 is 10.1 Å². The van der Waals surface area contributed by atoms with E-state index in [2.05, 4.69) is 5.32 Å². The van der Waals surface area contributed by atoms with Gasteiger partial charge in [-0.05, 0) is 26.3 Å². The third-order valence-corrected chi connectivity index (χ3v) is 3.57. The molecule has 0 amide bonds. The fourth-order valence-corrected chi connectivity index (χ4v) is 2.36. The van der Waals surface area contributed by atoms with E-state index in [1.54, 1.807) is 26.0 Å². The molecule has 0 aliphatic rings. The summed E-state index contributed by atoms with van der Waals surface area (Å²) in [4.78, 5) is 10.4. The van der Waals surface area contributed by atoms with Crippen LogP contribution in [0.1, 0.15) is 20.3 Å². The van der Waals surface area contributed by atoms with E-state index in [1.807, 2.05) is 0 Å². The van der Waals surface area contributed by atoms with Crippen molar-refractivity contribution in [3.63, 3.8) is 0 Å². The van der Waals surface area contributed by atoms with Crippen LogP contribution in [0.25, 0.3) is 0 Å². The molecular weight excluding hydrogens is 296 g/mol. The molecule has 21 heavy (non-hydrogen) atoms. The Bertz CT molecular complexity index is 599. The zero-order valence-electron chi connectivity index (χ0n) is 12.3. The summed E-state index contributed by atoms with van der Waals surface area (Å²) in [6, 6.07) is 4.50. The predicted octanol–water partition coefficient (Wildman–Crippen LogP) is 2.23. The number of hydrogen-bond acceptors (Lipinski definition) is 6. The number of sulfone groups is 1. The van der Waals surface area contributed by atoms with Crippen LogP contribution in [0.3, 0.4) is 0 Å². The number of nitrogens with zero attached hydrogens (tertiary/aromatic N) is 1. The van der Waals surface area contributed by atoms with Crippen LogP contribution in [0.2, 0.25) is 0 Å². The lowest BCUT2D eigenvalue weighted by atomic mass is 10.2. The van der Waals surface area contributed by atoms with Gasteiger partial charge in [0.25, 0.3) is 0 Å².